The van der Waals surface area contributed by atoms with Crippen molar-refractivity contribution in [1.82, 2.24) is 10.2 Å². The largest absolute Gasteiger partial charge is 0.381 e. The fourth-order valence-electron chi connectivity index (χ4n) is 4.47. The summed E-state index contributed by atoms with van der Waals surface area (Å²) >= 11 is 0. The minimum atomic E-state index is 0.385. The van der Waals surface area contributed by atoms with Crippen molar-refractivity contribution in [1.29, 1.82) is 0 Å². The van der Waals surface area contributed by atoms with E-state index >= 15 is 0 Å². The van der Waals surface area contributed by atoms with Crippen LogP contribution in [0.5, 0.6) is 0 Å². The monoisotopic (exact) mass is 387 g/mol. The standard InChI is InChI=1S/C23H37N3O2/c1-3-19-18-26(14-10-22(19)20-8-5-4-6-9-20)23(24-2)25-13-7-15-28-21-11-16-27-17-12-21/h4-6,8-9,19,21-22H,3,7,10-18H2,1-2H3,(H,24,25). The number of nitrogens with zero attached hydrogens (tertiary/aromatic N) is 2. The van der Waals surface area contributed by atoms with E-state index in [1.165, 1.54) is 18.4 Å². The lowest BCUT2D eigenvalue weighted by atomic mass is 9.79. The van der Waals surface area contributed by atoms with Crippen LogP contribution in [0.15, 0.2) is 35.3 Å². The van der Waals surface area contributed by atoms with Crippen LogP contribution in [-0.4, -0.2) is 63.5 Å². The lowest BCUT2D eigenvalue weighted by Crippen LogP contribution is -2.48. The molecule has 2 aliphatic heterocycles. The molecule has 156 valence electrons. The molecule has 1 N–H and O–H groups in total. The highest BCUT2D eigenvalue weighted by molar-refractivity contribution is 5.80. The molecule has 0 bridgehead atoms. The maximum Gasteiger partial charge on any atom is 0.193 e. The summed E-state index contributed by atoms with van der Waals surface area (Å²) in [5.74, 6) is 2.37. The van der Waals surface area contributed by atoms with Crippen LogP contribution in [0.3, 0.4) is 0 Å². The molecule has 2 saturated heterocycles. The Bertz CT molecular complexity index is 587. The van der Waals surface area contributed by atoms with Gasteiger partial charge in [-0.15, -0.1) is 0 Å². The van der Waals surface area contributed by atoms with Crippen molar-refractivity contribution < 1.29 is 9.47 Å². The van der Waals surface area contributed by atoms with Gasteiger partial charge in [0, 0.05) is 46.5 Å². The van der Waals surface area contributed by atoms with E-state index in [0.717, 1.165) is 64.7 Å². The van der Waals surface area contributed by atoms with Crippen molar-refractivity contribution in [3.63, 3.8) is 0 Å². The third-order valence-electron chi connectivity index (χ3n) is 6.12. The van der Waals surface area contributed by atoms with Gasteiger partial charge < -0.3 is 19.7 Å². The number of piperidine rings is 1. The predicted molar refractivity (Wildman–Crippen MR) is 115 cm³/mol. The van der Waals surface area contributed by atoms with Gasteiger partial charge in [0.15, 0.2) is 5.96 Å². The van der Waals surface area contributed by atoms with Gasteiger partial charge in [-0.05, 0) is 43.1 Å². The summed E-state index contributed by atoms with van der Waals surface area (Å²) in [4.78, 5) is 6.98. The molecule has 2 fully saturated rings. The Morgan fingerprint density at radius 1 is 1.21 bits per heavy atom. The van der Waals surface area contributed by atoms with E-state index in [1.54, 1.807) is 0 Å². The summed E-state index contributed by atoms with van der Waals surface area (Å²) in [6, 6.07) is 11.0. The second-order valence-electron chi connectivity index (χ2n) is 7.93. The molecule has 2 heterocycles. The molecule has 0 radical (unpaired) electrons. The maximum absolute atomic E-state index is 5.97. The topological polar surface area (TPSA) is 46.1 Å². The molecule has 5 nitrogen and oxygen atoms in total. The van der Waals surface area contributed by atoms with Gasteiger partial charge in [0.2, 0.25) is 0 Å². The Labute approximate surface area is 170 Å². The van der Waals surface area contributed by atoms with Crippen molar-refractivity contribution >= 4 is 5.96 Å². The van der Waals surface area contributed by atoms with Gasteiger partial charge in [0.25, 0.3) is 0 Å². The number of likely N-dealkylation sites (tertiary alicyclic amines) is 1. The second-order valence-corrected chi connectivity index (χ2v) is 7.93. The molecular weight excluding hydrogens is 350 g/mol. The number of rotatable bonds is 7. The van der Waals surface area contributed by atoms with Crippen molar-refractivity contribution in [3.05, 3.63) is 35.9 Å². The van der Waals surface area contributed by atoms with Crippen LogP contribution in [0, 0.1) is 5.92 Å². The van der Waals surface area contributed by atoms with Crippen LogP contribution in [0.4, 0.5) is 0 Å². The quantitative estimate of drug-likeness (QED) is 0.441. The molecule has 2 unspecified atom stereocenters. The van der Waals surface area contributed by atoms with E-state index in [1.807, 2.05) is 7.05 Å². The number of nitrogens with one attached hydrogen (secondary N) is 1. The fourth-order valence-corrected chi connectivity index (χ4v) is 4.47. The first-order chi connectivity index (χ1) is 13.8. The summed E-state index contributed by atoms with van der Waals surface area (Å²) in [5, 5.41) is 3.55. The van der Waals surface area contributed by atoms with Gasteiger partial charge >= 0.3 is 0 Å². The van der Waals surface area contributed by atoms with E-state index in [-0.39, 0.29) is 0 Å². The van der Waals surface area contributed by atoms with Crippen LogP contribution in [0.25, 0.3) is 0 Å². The highest BCUT2D eigenvalue weighted by Crippen LogP contribution is 2.34. The molecule has 0 spiro atoms. The smallest absolute Gasteiger partial charge is 0.193 e. The Hall–Kier alpha value is -1.59. The molecule has 1 aromatic rings. The minimum Gasteiger partial charge on any atom is -0.381 e. The number of ether oxygens (including phenoxy) is 2. The van der Waals surface area contributed by atoms with Gasteiger partial charge in [0.05, 0.1) is 6.10 Å². The summed E-state index contributed by atoms with van der Waals surface area (Å²) in [5.41, 5.74) is 1.49. The van der Waals surface area contributed by atoms with Gasteiger partial charge in [0.1, 0.15) is 0 Å². The van der Waals surface area contributed by atoms with Crippen LogP contribution < -0.4 is 5.32 Å². The van der Waals surface area contributed by atoms with Crippen LogP contribution >= 0.6 is 0 Å². The lowest BCUT2D eigenvalue weighted by molar-refractivity contribution is -0.0320. The SMILES string of the molecule is CCC1CN(C(=NC)NCCCOC2CCOCC2)CCC1c1ccccc1. The number of hydrogen-bond donors (Lipinski definition) is 1. The molecule has 5 heteroatoms. The fraction of sp³-hybridized carbons (Fsp3) is 0.696. The third-order valence-corrected chi connectivity index (χ3v) is 6.12. The first kappa shape index (κ1) is 21.1. The minimum absolute atomic E-state index is 0.385. The Kier molecular flexibility index (Phi) is 8.62. The molecule has 2 atom stereocenters. The first-order valence-corrected chi connectivity index (χ1v) is 11.0. The zero-order chi connectivity index (χ0) is 19.6. The number of hydrogen-bond acceptors (Lipinski definition) is 3. The Balaban J connectivity index is 1.42. The number of benzene rings is 1. The third kappa shape index (κ3) is 5.95. The van der Waals surface area contributed by atoms with E-state index in [9.17, 15) is 0 Å². The van der Waals surface area contributed by atoms with Gasteiger partial charge in [-0.1, -0.05) is 43.7 Å². The van der Waals surface area contributed by atoms with Gasteiger partial charge in [-0.3, -0.25) is 4.99 Å². The van der Waals surface area contributed by atoms with E-state index in [2.05, 4.69) is 52.5 Å². The molecule has 2 aliphatic rings. The van der Waals surface area contributed by atoms with Gasteiger partial charge in [-0.2, -0.15) is 0 Å². The average molecular weight is 388 g/mol. The number of aliphatic imine (C=N–C) groups is 1. The van der Waals surface area contributed by atoms with Gasteiger partial charge in [-0.25, -0.2) is 0 Å². The van der Waals surface area contributed by atoms with Crippen molar-refractivity contribution in [2.24, 2.45) is 10.9 Å². The highest BCUT2D eigenvalue weighted by Gasteiger charge is 2.30. The van der Waals surface area contributed by atoms with Crippen LogP contribution in [0.2, 0.25) is 0 Å². The normalized spacial score (nSPS) is 24.4. The zero-order valence-electron chi connectivity index (χ0n) is 17.6. The zero-order valence-corrected chi connectivity index (χ0v) is 17.6. The van der Waals surface area contributed by atoms with Crippen molar-refractivity contribution in [3.8, 4) is 0 Å². The van der Waals surface area contributed by atoms with Crippen molar-refractivity contribution in [2.45, 2.75) is 51.0 Å². The maximum atomic E-state index is 5.97. The Morgan fingerprint density at radius 3 is 2.71 bits per heavy atom. The molecular formula is C23H37N3O2. The second kappa shape index (κ2) is 11.4. The lowest BCUT2D eigenvalue weighted by Gasteiger charge is -2.40. The van der Waals surface area contributed by atoms with E-state index < -0.39 is 0 Å². The molecule has 1 aromatic carbocycles. The molecule has 28 heavy (non-hydrogen) atoms. The Morgan fingerprint density at radius 2 is 2.00 bits per heavy atom. The predicted octanol–water partition coefficient (Wildman–Crippen LogP) is 3.66. The average Bonchev–Trinajstić information content (AvgIpc) is 2.77. The van der Waals surface area contributed by atoms with Crippen molar-refractivity contribution in [2.75, 3.05) is 46.5 Å². The van der Waals surface area contributed by atoms with E-state index in [4.69, 9.17) is 9.47 Å². The molecule has 0 amide bonds. The molecule has 0 aliphatic carbocycles. The molecule has 3 rings (SSSR count). The number of guanidine groups is 1. The summed E-state index contributed by atoms with van der Waals surface area (Å²) in [7, 11) is 1.89. The molecule has 0 saturated carbocycles. The van der Waals surface area contributed by atoms with E-state index in [0.29, 0.717) is 17.9 Å². The summed E-state index contributed by atoms with van der Waals surface area (Å²) in [6.07, 6.45) is 5.85. The van der Waals surface area contributed by atoms with Crippen LogP contribution in [-0.2, 0) is 9.47 Å². The highest BCUT2D eigenvalue weighted by atomic mass is 16.5. The first-order valence-electron chi connectivity index (χ1n) is 11.0. The summed E-state index contributed by atoms with van der Waals surface area (Å²) < 4.78 is 11.3. The molecule has 0 aromatic heterocycles. The van der Waals surface area contributed by atoms with Crippen LogP contribution in [0.1, 0.15) is 50.5 Å². The summed E-state index contributed by atoms with van der Waals surface area (Å²) in [6.45, 7) is 7.85.